The van der Waals surface area contributed by atoms with Crippen LogP contribution in [0, 0.1) is 0 Å². The fourth-order valence-corrected chi connectivity index (χ4v) is 2.71. The highest BCUT2D eigenvalue weighted by atomic mass is 16.5. The first kappa shape index (κ1) is 16.2. The van der Waals surface area contributed by atoms with E-state index < -0.39 is 0 Å². The Kier molecular flexibility index (Phi) is 5.22. The van der Waals surface area contributed by atoms with E-state index in [4.69, 9.17) is 10.5 Å². The Bertz CT molecular complexity index is 797. The lowest BCUT2D eigenvalue weighted by molar-refractivity contribution is 0.309. The molecular formula is C21H24N2O. The minimum Gasteiger partial charge on any atom is -0.494 e. The summed E-state index contributed by atoms with van der Waals surface area (Å²) in [6.45, 7) is 3.72. The lowest BCUT2D eigenvalue weighted by Crippen LogP contribution is -2.01. The SMILES string of the molecule is CCCCOc1ccc(CNc2ccc(N)c3ccccc23)cc1. The van der Waals surface area contributed by atoms with Gasteiger partial charge in [-0.3, -0.25) is 0 Å². The molecule has 0 atom stereocenters. The number of nitrogens with one attached hydrogen (secondary N) is 1. The molecule has 0 radical (unpaired) electrons. The molecule has 0 saturated carbocycles. The summed E-state index contributed by atoms with van der Waals surface area (Å²) in [6.07, 6.45) is 2.24. The molecule has 0 fully saturated rings. The van der Waals surface area contributed by atoms with E-state index in [9.17, 15) is 0 Å². The van der Waals surface area contributed by atoms with Crippen LogP contribution in [-0.4, -0.2) is 6.61 Å². The molecule has 3 aromatic rings. The van der Waals surface area contributed by atoms with Gasteiger partial charge in [-0.05, 0) is 36.2 Å². The summed E-state index contributed by atoms with van der Waals surface area (Å²) in [5.41, 5.74) is 9.19. The highest BCUT2D eigenvalue weighted by Gasteiger charge is 2.03. The first-order valence-electron chi connectivity index (χ1n) is 8.51. The van der Waals surface area contributed by atoms with Crippen LogP contribution in [0.4, 0.5) is 11.4 Å². The molecule has 0 aliphatic rings. The van der Waals surface area contributed by atoms with Crippen molar-refractivity contribution in [3.05, 3.63) is 66.2 Å². The molecule has 3 heteroatoms. The topological polar surface area (TPSA) is 47.3 Å². The maximum absolute atomic E-state index is 6.06. The molecule has 0 aromatic heterocycles. The number of anilines is 2. The maximum atomic E-state index is 6.06. The van der Waals surface area contributed by atoms with Gasteiger partial charge in [0.25, 0.3) is 0 Å². The lowest BCUT2D eigenvalue weighted by atomic mass is 10.1. The summed E-state index contributed by atoms with van der Waals surface area (Å²) < 4.78 is 5.70. The minimum atomic E-state index is 0.767. The zero-order valence-corrected chi connectivity index (χ0v) is 14.1. The summed E-state index contributed by atoms with van der Waals surface area (Å²) in [7, 11) is 0. The number of hydrogen-bond acceptors (Lipinski definition) is 3. The molecule has 3 aromatic carbocycles. The molecule has 0 bridgehead atoms. The molecule has 3 N–H and O–H groups in total. The van der Waals surface area contributed by atoms with Gasteiger partial charge < -0.3 is 15.8 Å². The first-order chi connectivity index (χ1) is 11.8. The molecule has 0 amide bonds. The molecule has 3 rings (SSSR count). The summed E-state index contributed by atoms with van der Waals surface area (Å²) in [5.74, 6) is 0.935. The van der Waals surface area contributed by atoms with Gasteiger partial charge in [0.2, 0.25) is 0 Å². The quantitative estimate of drug-likeness (QED) is 0.464. The Balaban J connectivity index is 1.67. The van der Waals surface area contributed by atoms with Gasteiger partial charge in [0.1, 0.15) is 5.75 Å². The number of unbranched alkanes of at least 4 members (excludes halogenated alkanes) is 1. The van der Waals surface area contributed by atoms with Gasteiger partial charge in [-0.2, -0.15) is 0 Å². The second kappa shape index (κ2) is 7.73. The second-order valence-electron chi connectivity index (χ2n) is 5.95. The number of nitrogens with two attached hydrogens (primary N) is 1. The monoisotopic (exact) mass is 320 g/mol. The van der Waals surface area contributed by atoms with E-state index in [1.165, 1.54) is 5.56 Å². The summed E-state index contributed by atoms with van der Waals surface area (Å²) in [5, 5.41) is 5.74. The van der Waals surface area contributed by atoms with Crippen molar-refractivity contribution in [1.82, 2.24) is 0 Å². The predicted molar refractivity (Wildman–Crippen MR) is 103 cm³/mol. The maximum Gasteiger partial charge on any atom is 0.119 e. The molecule has 3 nitrogen and oxygen atoms in total. The number of benzene rings is 3. The van der Waals surface area contributed by atoms with Crippen LogP contribution in [0.5, 0.6) is 5.75 Å². The number of fused-ring (bicyclic) bond motifs is 1. The lowest BCUT2D eigenvalue weighted by Gasteiger charge is -2.12. The standard InChI is InChI=1S/C21H24N2O/c1-2-3-14-24-17-10-8-16(9-11-17)15-23-21-13-12-20(22)18-6-4-5-7-19(18)21/h4-13,23H,2-3,14-15,22H2,1H3. The van der Waals surface area contributed by atoms with E-state index in [1.54, 1.807) is 0 Å². The highest BCUT2D eigenvalue weighted by Crippen LogP contribution is 2.28. The molecule has 0 aliphatic carbocycles. The number of rotatable bonds is 7. The third kappa shape index (κ3) is 3.80. The molecule has 0 heterocycles. The number of ether oxygens (including phenoxy) is 1. The fraction of sp³-hybridized carbons (Fsp3) is 0.238. The van der Waals surface area contributed by atoms with Crippen LogP contribution in [0.2, 0.25) is 0 Å². The molecule has 0 saturated heterocycles. The van der Waals surface area contributed by atoms with Gasteiger partial charge in [-0.1, -0.05) is 49.7 Å². The van der Waals surface area contributed by atoms with E-state index in [0.717, 1.165) is 53.9 Å². The molecular weight excluding hydrogens is 296 g/mol. The molecule has 24 heavy (non-hydrogen) atoms. The van der Waals surface area contributed by atoms with E-state index in [0.29, 0.717) is 0 Å². The summed E-state index contributed by atoms with van der Waals surface area (Å²) in [4.78, 5) is 0. The van der Waals surface area contributed by atoms with E-state index in [1.807, 2.05) is 36.4 Å². The average molecular weight is 320 g/mol. The summed E-state index contributed by atoms with van der Waals surface area (Å²) >= 11 is 0. The molecule has 124 valence electrons. The van der Waals surface area contributed by atoms with Crippen molar-refractivity contribution in [2.45, 2.75) is 26.3 Å². The van der Waals surface area contributed by atoms with E-state index in [-0.39, 0.29) is 0 Å². The minimum absolute atomic E-state index is 0.767. The van der Waals surface area contributed by atoms with E-state index in [2.05, 4.69) is 36.5 Å². The Hall–Kier alpha value is -2.68. The third-order valence-electron chi connectivity index (χ3n) is 4.13. The van der Waals surface area contributed by atoms with Crippen molar-refractivity contribution in [3.63, 3.8) is 0 Å². The predicted octanol–water partition coefficient (Wildman–Crippen LogP) is 5.21. The Morgan fingerprint density at radius 2 is 1.67 bits per heavy atom. The van der Waals surface area contributed by atoms with Crippen LogP contribution < -0.4 is 15.8 Å². The zero-order chi connectivity index (χ0) is 16.8. The van der Waals surface area contributed by atoms with Gasteiger partial charge in [0.15, 0.2) is 0 Å². The fourth-order valence-electron chi connectivity index (χ4n) is 2.71. The second-order valence-corrected chi connectivity index (χ2v) is 5.95. The van der Waals surface area contributed by atoms with Gasteiger partial charge in [0, 0.05) is 28.7 Å². The smallest absolute Gasteiger partial charge is 0.119 e. The van der Waals surface area contributed by atoms with Gasteiger partial charge >= 0.3 is 0 Å². The van der Waals surface area contributed by atoms with Crippen LogP contribution in [0.25, 0.3) is 10.8 Å². The Morgan fingerprint density at radius 1 is 0.917 bits per heavy atom. The number of hydrogen-bond donors (Lipinski definition) is 2. The van der Waals surface area contributed by atoms with Gasteiger partial charge in [-0.15, -0.1) is 0 Å². The van der Waals surface area contributed by atoms with Crippen molar-refractivity contribution in [3.8, 4) is 5.75 Å². The van der Waals surface area contributed by atoms with Crippen LogP contribution in [-0.2, 0) is 6.54 Å². The number of nitrogen functional groups attached to an aromatic ring is 1. The highest BCUT2D eigenvalue weighted by molar-refractivity contribution is 6.01. The van der Waals surface area contributed by atoms with Crippen molar-refractivity contribution in [1.29, 1.82) is 0 Å². The Labute approximate surface area is 143 Å². The zero-order valence-electron chi connectivity index (χ0n) is 14.1. The van der Waals surface area contributed by atoms with Gasteiger partial charge in [0.05, 0.1) is 6.61 Å². The molecule has 0 unspecified atom stereocenters. The van der Waals surface area contributed by atoms with Gasteiger partial charge in [-0.25, -0.2) is 0 Å². The van der Waals surface area contributed by atoms with Crippen molar-refractivity contribution < 1.29 is 4.74 Å². The van der Waals surface area contributed by atoms with Crippen molar-refractivity contribution in [2.75, 3.05) is 17.7 Å². The van der Waals surface area contributed by atoms with Crippen LogP contribution in [0.1, 0.15) is 25.3 Å². The largest absolute Gasteiger partial charge is 0.494 e. The third-order valence-corrected chi connectivity index (χ3v) is 4.13. The van der Waals surface area contributed by atoms with Crippen molar-refractivity contribution in [2.24, 2.45) is 0 Å². The summed E-state index contributed by atoms with van der Waals surface area (Å²) in [6, 6.07) is 20.5. The molecule has 0 aliphatic heterocycles. The van der Waals surface area contributed by atoms with Crippen molar-refractivity contribution >= 4 is 22.1 Å². The van der Waals surface area contributed by atoms with Crippen LogP contribution in [0.15, 0.2) is 60.7 Å². The first-order valence-corrected chi connectivity index (χ1v) is 8.51. The van der Waals surface area contributed by atoms with Crippen LogP contribution >= 0.6 is 0 Å². The Morgan fingerprint density at radius 3 is 2.42 bits per heavy atom. The van der Waals surface area contributed by atoms with E-state index >= 15 is 0 Å². The van der Waals surface area contributed by atoms with Crippen LogP contribution in [0.3, 0.4) is 0 Å². The normalized spacial score (nSPS) is 10.7. The average Bonchev–Trinajstić information content (AvgIpc) is 2.63. The molecule has 0 spiro atoms.